The normalized spacial score (nSPS) is 28.7. The number of aliphatic hydroxyl groups excluding tert-OH is 1. The molecule has 2 atom stereocenters. The molecule has 1 N–H and O–H groups in total. The number of hydrogen-bond donors (Lipinski definition) is 1. The molecule has 0 radical (unpaired) electrons. The van der Waals surface area contributed by atoms with E-state index in [0.717, 1.165) is 30.6 Å². The van der Waals surface area contributed by atoms with Crippen LogP contribution in [-0.4, -0.2) is 39.9 Å². The summed E-state index contributed by atoms with van der Waals surface area (Å²) in [6.45, 7) is 0. The Hall–Kier alpha value is -0.710. The number of rotatable bonds is 3. The number of benzene rings is 1. The molecule has 5 heteroatoms. The van der Waals surface area contributed by atoms with Crippen LogP contribution in [0.15, 0.2) is 29.2 Å². The third-order valence-corrected chi connectivity index (χ3v) is 5.42. The van der Waals surface area contributed by atoms with Gasteiger partial charge in [-0.2, -0.15) is 0 Å². The van der Waals surface area contributed by atoms with Gasteiger partial charge in [0.1, 0.15) is 0 Å². The first-order valence-electron chi connectivity index (χ1n) is 7.01. The maximum Gasteiger partial charge on any atom is 0.233 e. The van der Waals surface area contributed by atoms with Crippen LogP contribution in [0.2, 0.25) is 5.02 Å². The van der Waals surface area contributed by atoms with Gasteiger partial charge in [0.2, 0.25) is 5.91 Å². The molecular formula is C15H18ClNO2S. The average Bonchev–Trinajstić information content (AvgIpc) is 2.70. The molecule has 0 saturated carbocycles. The molecule has 108 valence electrons. The molecule has 2 saturated heterocycles. The Balaban J connectivity index is 1.58. The van der Waals surface area contributed by atoms with Crippen molar-refractivity contribution in [2.75, 3.05) is 5.75 Å². The lowest BCUT2D eigenvalue weighted by molar-refractivity contribution is -0.134. The molecule has 1 amide bonds. The van der Waals surface area contributed by atoms with E-state index in [1.54, 1.807) is 11.8 Å². The molecule has 2 fully saturated rings. The second-order valence-corrected chi connectivity index (χ2v) is 7.04. The zero-order chi connectivity index (χ0) is 14.1. The van der Waals surface area contributed by atoms with Crippen molar-refractivity contribution in [3.05, 3.63) is 29.3 Å². The molecule has 2 aliphatic heterocycles. The van der Waals surface area contributed by atoms with Crippen molar-refractivity contribution in [2.24, 2.45) is 0 Å². The average molecular weight is 312 g/mol. The minimum atomic E-state index is -0.222. The van der Waals surface area contributed by atoms with E-state index in [0.29, 0.717) is 10.8 Å². The van der Waals surface area contributed by atoms with E-state index in [9.17, 15) is 9.90 Å². The fourth-order valence-corrected chi connectivity index (χ4v) is 4.20. The van der Waals surface area contributed by atoms with Crippen LogP contribution in [0.3, 0.4) is 0 Å². The number of carbonyl (C=O) groups excluding carboxylic acids is 1. The largest absolute Gasteiger partial charge is 0.393 e. The maximum absolute atomic E-state index is 12.4. The van der Waals surface area contributed by atoms with E-state index >= 15 is 0 Å². The quantitative estimate of drug-likeness (QED) is 0.873. The van der Waals surface area contributed by atoms with Gasteiger partial charge in [0.15, 0.2) is 0 Å². The molecule has 2 heterocycles. The van der Waals surface area contributed by atoms with Gasteiger partial charge in [0, 0.05) is 22.0 Å². The molecule has 1 aromatic carbocycles. The SMILES string of the molecule is O=C(CSc1ccc(Cl)cc1)N1C2CCC1CC(O)C2. The highest BCUT2D eigenvalue weighted by Crippen LogP contribution is 2.36. The Morgan fingerprint density at radius 2 is 1.85 bits per heavy atom. The predicted octanol–water partition coefficient (Wildman–Crippen LogP) is 2.95. The molecule has 0 spiro atoms. The third-order valence-electron chi connectivity index (χ3n) is 4.17. The monoisotopic (exact) mass is 311 g/mol. The topological polar surface area (TPSA) is 40.5 Å². The number of fused-ring (bicyclic) bond motifs is 2. The number of piperidine rings is 1. The fraction of sp³-hybridized carbons (Fsp3) is 0.533. The van der Waals surface area contributed by atoms with E-state index in [1.807, 2.05) is 29.2 Å². The van der Waals surface area contributed by atoms with Gasteiger partial charge in [-0.05, 0) is 49.9 Å². The first-order valence-corrected chi connectivity index (χ1v) is 8.37. The Morgan fingerprint density at radius 1 is 1.25 bits per heavy atom. The fourth-order valence-electron chi connectivity index (χ4n) is 3.31. The Labute approximate surface area is 128 Å². The van der Waals surface area contributed by atoms with Gasteiger partial charge in [0.05, 0.1) is 11.9 Å². The zero-order valence-electron chi connectivity index (χ0n) is 11.2. The number of carbonyl (C=O) groups is 1. The van der Waals surface area contributed by atoms with E-state index in [2.05, 4.69) is 0 Å². The maximum atomic E-state index is 12.4. The van der Waals surface area contributed by atoms with Crippen molar-refractivity contribution < 1.29 is 9.90 Å². The molecule has 2 unspecified atom stereocenters. The lowest BCUT2D eigenvalue weighted by Crippen LogP contribution is -2.48. The molecule has 3 rings (SSSR count). The Bertz CT molecular complexity index is 479. The Kier molecular flexibility index (Phi) is 4.24. The number of amides is 1. The van der Waals surface area contributed by atoms with Gasteiger partial charge < -0.3 is 10.0 Å². The second kappa shape index (κ2) is 5.96. The first kappa shape index (κ1) is 14.2. The smallest absolute Gasteiger partial charge is 0.233 e. The van der Waals surface area contributed by atoms with Crippen LogP contribution >= 0.6 is 23.4 Å². The third kappa shape index (κ3) is 2.97. The van der Waals surface area contributed by atoms with Crippen molar-refractivity contribution in [3.63, 3.8) is 0 Å². The van der Waals surface area contributed by atoms with Gasteiger partial charge in [-0.3, -0.25) is 4.79 Å². The summed E-state index contributed by atoms with van der Waals surface area (Å²) in [6, 6.07) is 8.07. The highest BCUT2D eigenvalue weighted by molar-refractivity contribution is 8.00. The number of hydrogen-bond acceptors (Lipinski definition) is 3. The molecule has 0 aromatic heterocycles. The molecule has 3 nitrogen and oxygen atoms in total. The van der Waals surface area contributed by atoms with E-state index in [-0.39, 0.29) is 24.1 Å². The van der Waals surface area contributed by atoms with Gasteiger partial charge in [-0.25, -0.2) is 0 Å². The minimum absolute atomic E-state index is 0.198. The molecular weight excluding hydrogens is 294 g/mol. The van der Waals surface area contributed by atoms with Gasteiger partial charge in [-0.15, -0.1) is 11.8 Å². The summed E-state index contributed by atoms with van der Waals surface area (Å²) in [7, 11) is 0. The first-order chi connectivity index (χ1) is 9.63. The molecule has 1 aromatic rings. The summed E-state index contributed by atoms with van der Waals surface area (Å²) in [5.41, 5.74) is 0. The van der Waals surface area contributed by atoms with Crippen LogP contribution in [-0.2, 0) is 4.79 Å². The van der Waals surface area contributed by atoms with Crippen LogP contribution in [0.4, 0.5) is 0 Å². The van der Waals surface area contributed by atoms with Crippen LogP contribution in [0, 0.1) is 0 Å². The lowest BCUT2D eigenvalue weighted by atomic mass is 10.00. The summed E-state index contributed by atoms with van der Waals surface area (Å²) in [6.07, 6.45) is 3.35. The predicted molar refractivity (Wildman–Crippen MR) is 81.1 cm³/mol. The summed E-state index contributed by atoms with van der Waals surface area (Å²) in [5.74, 6) is 0.661. The van der Waals surface area contributed by atoms with E-state index < -0.39 is 0 Å². The highest BCUT2D eigenvalue weighted by Gasteiger charge is 2.42. The summed E-state index contributed by atoms with van der Waals surface area (Å²) in [4.78, 5) is 15.5. The van der Waals surface area contributed by atoms with Gasteiger partial charge in [0.25, 0.3) is 0 Å². The molecule has 20 heavy (non-hydrogen) atoms. The highest BCUT2D eigenvalue weighted by atomic mass is 35.5. The lowest BCUT2D eigenvalue weighted by Gasteiger charge is -2.37. The van der Waals surface area contributed by atoms with Gasteiger partial charge >= 0.3 is 0 Å². The number of halogens is 1. The van der Waals surface area contributed by atoms with Crippen molar-refractivity contribution >= 4 is 29.3 Å². The van der Waals surface area contributed by atoms with Crippen molar-refractivity contribution in [1.29, 1.82) is 0 Å². The van der Waals surface area contributed by atoms with E-state index in [1.165, 1.54) is 0 Å². The van der Waals surface area contributed by atoms with Crippen molar-refractivity contribution in [1.82, 2.24) is 4.90 Å². The van der Waals surface area contributed by atoms with Crippen LogP contribution in [0.25, 0.3) is 0 Å². The van der Waals surface area contributed by atoms with Gasteiger partial charge in [-0.1, -0.05) is 11.6 Å². The summed E-state index contributed by atoms with van der Waals surface area (Å²) < 4.78 is 0. The van der Waals surface area contributed by atoms with Crippen LogP contribution in [0.5, 0.6) is 0 Å². The van der Waals surface area contributed by atoms with Crippen molar-refractivity contribution in [3.8, 4) is 0 Å². The second-order valence-electron chi connectivity index (χ2n) is 5.55. The number of aliphatic hydroxyl groups is 1. The summed E-state index contributed by atoms with van der Waals surface area (Å²) in [5, 5.41) is 10.5. The van der Waals surface area contributed by atoms with Crippen molar-refractivity contribution in [2.45, 2.75) is 48.8 Å². The van der Waals surface area contributed by atoms with E-state index in [4.69, 9.17) is 11.6 Å². The van der Waals surface area contributed by atoms with Crippen LogP contribution in [0.1, 0.15) is 25.7 Å². The Morgan fingerprint density at radius 3 is 2.45 bits per heavy atom. The molecule has 2 bridgehead atoms. The zero-order valence-corrected chi connectivity index (χ0v) is 12.7. The summed E-state index contributed by atoms with van der Waals surface area (Å²) >= 11 is 7.40. The van der Waals surface area contributed by atoms with Crippen LogP contribution < -0.4 is 0 Å². The number of thioether (sulfide) groups is 1. The number of nitrogens with zero attached hydrogens (tertiary/aromatic N) is 1. The minimum Gasteiger partial charge on any atom is -0.393 e. The standard InChI is InChI=1S/C15H18ClNO2S/c16-10-1-5-14(6-2-10)20-9-15(19)17-11-3-4-12(17)8-13(18)7-11/h1-2,5-6,11-13,18H,3-4,7-9H2. The molecule has 2 aliphatic rings. The molecule has 0 aliphatic carbocycles.